The molecule has 6 heteroatoms. The van der Waals surface area contributed by atoms with E-state index >= 15 is 0 Å². The van der Waals surface area contributed by atoms with E-state index < -0.39 is 4.92 Å². The van der Waals surface area contributed by atoms with Crippen LogP contribution in [0.15, 0.2) is 66.9 Å². The van der Waals surface area contributed by atoms with E-state index in [1.54, 1.807) is 6.07 Å². The molecule has 2 aromatic carbocycles. The van der Waals surface area contributed by atoms with Crippen LogP contribution in [0.25, 0.3) is 0 Å². The number of ether oxygens (including phenoxy) is 2. The van der Waals surface area contributed by atoms with Crippen LogP contribution in [0.5, 0.6) is 17.4 Å². The molecule has 0 N–H and O–H groups in total. The van der Waals surface area contributed by atoms with Crippen molar-refractivity contribution in [2.75, 3.05) is 0 Å². The first-order valence-corrected chi connectivity index (χ1v) is 8.73. The van der Waals surface area contributed by atoms with Crippen molar-refractivity contribution < 1.29 is 14.4 Å². The molecule has 6 nitrogen and oxygen atoms in total. The highest BCUT2D eigenvalue weighted by molar-refractivity contribution is 5.47. The minimum absolute atomic E-state index is 0.00217. The SMILES string of the molecule is CC1Cc2cc(Oc3ncccc3[N+](=O)[O-])ccc2OC1c1ccccc1. The van der Waals surface area contributed by atoms with Crippen LogP contribution in [0.2, 0.25) is 0 Å². The molecule has 27 heavy (non-hydrogen) atoms. The molecule has 4 rings (SSSR count). The van der Waals surface area contributed by atoms with Crippen molar-refractivity contribution in [2.24, 2.45) is 5.92 Å². The first-order valence-electron chi connectivity index (χ1n) is 8.73. The Labute approximate surface area is 156 Å². The molecule has 136 valence electrons. The summed E-state index contributed by atoms with van der Waals surface area (Å²) in [6, 6.07) is 18.5. The van der Waals surface area contributed by atoms with Gasteiger partial charge in [0.25, 0.3) is 5.88 Å². The number of pyridine rings is 1. The lowest BCUT2D eigenvalue weighted by Gasteiger charge is -2.32. The number of benzene rings is 2. The zero-order chi connectivity index (χ0) is 18.8. The Hall–Kier alpha value is -3.41. The monoisotopic (exact) mass is 362 g/mol. The second-order valence-corrected chi connectivity index (χ2v) is 6.59. The molecule has 1 aliphatic rings. The van der Waals surface area contributed by atoms with E-state index in [0.29, 0.717) is 11.7 Å². The third kappa shape index (κ3) is 3.46. The van der Waals surface area contributed by atoms with Gasteiger partial charge in [-0.3, -0.25) is 10.1 Å². The van der Waals surface area contributed by atoms with Crippen molar-refractivity contribution in [1.29, 1.82) is 0 Å². The van der Waals surface area contributed by atoms with E-state index in [-0.39, 0.29) is 17.7 Å². The topological polar surface area (TPSA) is 74.5 Å². The van der Waals surface area contributed by atoms with Gasteiger partial charge in [-0.15, -0.1) is 0 Å². The fraction of sp³-hybridized carbons (Fsp3) is 0.190. The lowest BCUT2D eigenvalue weighted by molar-refractivity contribution is -0.386. The van der Waals surface area contributed by atoms with Crippen LogP contribution >= 0.6 is 0 Å². The second-order valence-electron chi connectivity index (χ2n) is 6.59. The van der Waals surface area contributed by atoms with E-state index in [2.05, 4.69) is 24.0 Å². The highest BCUT2D eigenvalue weighted by Gasteiger charge is 2.28. The standard InChI is InChI=1S/C21H18N2O4/c1-14-12-16-13-17(26-21-18(23(24)25)8-5-11-22-21)9-10-19(16)27-20(14)15-6-3-2-4-7-15/h2-11,13-14,20H,12H2,1H3. The van der Waals surface area contributed by atoms with Crippen LogP contribution in [0.3, 0.4) is 0 Å². The molecule has 1 aromatic heterocycles. The average molecular weight is 362 g/mol. The van der Waals surface area contributed by atoms with Gasteiger partial charge in [0, 0.05) is 18.2 Å². The highest BCUT2D eigenvalue weighted by Crippen LogP contribution is 2.40. The minimum Gasteiger partial charge on any atom is -0.485 e. The Morgan fingerprint density at radius 3 is 2.74 bits per heavy atom. The van der Waals surface area contributed by atoms with E-state index in [9.17, 15) is 10.1 Å². The summed E-state index contributed by atoms with van der Waals surface area (Å²) in [5.41, 5.74) is 2.01. The van der Waals surface area contributed by atoms with Crippen molar-refractivity contribution >= 4 is 5.69 Å². The molecule has 0 fully saturated rings. The number of nitrogens with zero attached hydrogens (tertiary/aromatic N) is 2. The lowest BCUT2D eigenvalue weighted by Crippen LogP contribution is -2.23. The van der Waals surface area contributed by atoms with Gasteiger partial charge in [0.15, 0.2) is 0 Å². The molecular formula is C21H18N2O4. The number of aromatic nitrogens is 1. The van der Waals surface area contributed by atoms with Crippen LogP contribution < -0.4 is 9.47 Å². The Bertz CT molecular complexity index is 975. The Morgan fingerprint density at radius 1 is 1.15 bits per heavy atom. The van der Waals surface area contributed by atoms with Gasteiger partial charge < -0.3 is 9.47 Å². The maximum absolute atomic E-state index is 11.1. The van der Waals surface area contributed by atoms with Gasteiger partial charge in [0.05, 0.1) is 4.92 Å². The summed E-state index contributed by atoms with van der Waals surface area (Å²) >= 11 is 0. The van der Waals surface area contributed by atoms with Crippen molar-refractivity contribution in [3.63, 3.8) is 0 Å². The molecule has 0 spiro atoms. The molecule has 0 bridgehead atoms. The van der Waals surface area contributed by atoms with Gasteiger partial charge in [-0.05, 0) is 41.8 Å². The molecule has 2 atom stereocenters. The first kappa shape index (κ1) is 17.0. The largest absolute Gasteiger partial charge is 0.485 e. The van der Waals surface area contributed by atoms with Gasteiger partial charge in [-0.1, -0.05) is 37.3 Å². The van der Waals surface area contributed by atoms with Gasteiger partial charge in [0.1, 0.15) is 17.6 Å². The van der Waals surface area contributed by atoms with Gasteiger partial charge in [-0.25, -0.2) is 4.98 Å². The maximum atomic E-state index is 11.1. The molecule has 2 heterocycles. The molecular weight excluding hydrogens is 344 g/mol. The fourth-order valence-electron chi connectivity index (χ4n) is 3.35. The van der Waals surface area contributed by atoms with Crippen LogP contribution in [-0.4, -0.2) is 9.91 Å². The zero-order valence-electron chi connectivity index (χ0n) is 14.7. The molecule has 1 aliphatic heterocycles. The summed E-state index contributed by atoms with van der Waals surface area (Å²) < 4.78 is 11.9. The molecule has 2 unspecified atom stereocenters. The predicted molar refractivity (Wildman–Crippen MR) is 100 cm³/mol. The Kier molecular flexibility index (Phi) is 4.46. The summed E-state index contributed by atoms with van der Waals surface area (Å²) in [6.45, 7) is 2.15. The van der Waals surface area contributed by atoms with E-state index in [0.717, 1.165) is 23.3 Å². The normalized spacial score (nSPS) is 18.3. The van der Waals surface area contributed by atoms with E-state index in [1.807, 2.05) is 30.3 Å². The summed E-state index contributed by atoms with van der Waals surface area (Å²) in [4.78, 5) is 14.6. The molecule has 0 saturated carbocycles. The van der Waals surface area contributed by atoms with Crippen molar-refractivity contribution in [3.8, 4) is 17.4 Å². The molecule has 0 saturated heterocycles. The van der Waals surface area contributed by atoms with Crippen molar-refractivity contribution in [3.05, 3.63) is 88.1 Å². The van der Waals surface area contributed by atoms with Gasteiger partial charge in [0.2, 0.25) is 0 Å². The lowest BCUT2D eigenvalue weighted by atomic mass is 9.88. The minimum atomic E-state index is -0.504. The molecule has 3 aromatic rings. The molecule has 0 amide bonds. The first-order chi connectivity index (χ1) is 13.1. The molecule has 0 radical (unpaired) electrons. The van der Waals surface area contributed by atoms with Crippen LogP contribution in [0, 0.1) is 16.0 Å². The smallest absolute Gasteiger partial charge is 0.331 e. The van der Waals surface area contributed by atoms with Crippen LogP contribution in [0.4, 0.5) is 5.69 Å². The van der Waals surface area contributed by atoms with Gasteiger partial charge in [-0.2, -0.15) is 0 Å². The van der Waals surface area contributed by atoms with Crippen molar-refractivity contribution in [2.45, 2.75) is 19.4 Å². The van der Waals surface area contributed by atoms with Crippen molar-refractivity contribution in [1.82, 2.24) is 4.98 Å². The number of hydrogen-bond acceptors (Lipinski definition) is 5. The third-order valence-electron chi connectivity index (χ3n) is 4.63. The Morgan fingerprint density at radius 2 is 1.96 bits per heavy atom. The average Bonchev–Trinajstić information content (AvgIpc) is 2.68. The second kappa shape index (κ2) is 7.07. The number of fused-ring (bicyclic) bond motifs is 1. The third-order valence-corrected chi connectivity index (χ3v) is 4.63. The van der Waals surface area contributed by atoms with Crippen LogP contribution in [-0.2, 0) is 6.42 Å². The maximum Gasteiger partial charge on any atom is 0.331 e. The summed E-state index contributed by atoms with van der Waals surface area (Å²) in [6.07, 6.45) is 2.30. The number of rotatable bonds is 4. The predicted octanol–water partition coefficient (Wildman–Crippen LogP) is 5.09. The van der Waals surface area contributed by atoms with E-state index in [1.165, 1.54) is 18.3 Å². The molecule has 0 aliphatic carbocycles. The fourth-order valence-corrected chi connectivity index (χ4v) is 3.35. The number of hydrogen-bond donors (Lipinski definition) is 0. The summed E-state index contributed by atoms with van der Waals surface area (Å²) in [5.74, 6) is 1.59. The zero-order valence-corrected chi connectivity index (χ0v) is 14.7. The summed E-state index contributed by atoms with van der Waals surface area (Å²) in [7, 11) is 0. The quantitative estimate of drug-likeness (QED) is 0.477. The Balaban J connectivity index is 1.59. The van der Waals surface area contributed by atoms with Crippen LogP contribution in [0.1, 0.15) is 24.2 Å². The highest BCUT2D eigenvalue weighted by atomic mass is 16.6. The summed E-state index contributed by atoms with van der Waals surface area (Å²) in [5, 5.41) is 11.1. The van der Waals surface area contributed by atoms with E-state index in [4.69, 9.17) is 9.47 Å². The van der Waals surface area contributed by atoms with Gasteiger partial charge >= 0.3 is 5.69 Å². The number of nitro groups is 1.